The van der Waals surface area contributed by atoms with Gasteiger partial charge in [-0.1, -0.05) is 12.1 Å². The normalized spacial score (nSPS) is 17.9. The second-order valence-corrected chi connectivity index (χ2v) is 4.55. The maximum absolute atomic E-state index is 12.2. The second kappa shape index (κ2) is 6.27. The van der Waals surface area contributed by atoms with Crippen molar-refractivity contribution >= 4 is 17.7 Å². The summed E-state index contributed by atoms with van der Waals surface area (Å²) in [5.74, 6) is -0.384. The van der Waals surface area contributed by atoms with Crippen LogP contribution in [0.2, 0.25) is 0 Å². The summed E-state index contributed by atoms with van der Waals surface area (Å²) in [4.78, 5) is 24.6. The van der Waals surface area contributed by atoms with Crippen molar-refractivity contribution in [3.05, 3.63) is 24.3 Å². The summed E-state index contributed by atoms with van der Waals surface area (Å²) in [6, 6.07) is 5.95. The number of anilines is 1. The van der Waals surface area contributed by atoms with Gasteiger partial charge in [-0.25, -0.2) is 9.59 Å². The van der Waals surface area contributed by atoms with Gasteiger partial charge in [-0.05, 0) is 31.9 Å². The standard InChI is InChI=1S/C14H18N2O4/c1-2-20-12-8-4-3-6-10(12)15-14(19)16-9-5-7-11(16)13(17)18/h3-4,6,8,11H,2,5,7,9H2,1H3,(H,15,19)(H,17,18)/t11-/m0/s1. The van der Waals surface area contributed by atoms with E-state index in [1.54, 1.807) is 18.2 Å². The molecule has 1 atom stereocenters. The quantitative estimate of drug-likeness (QED) is 0.884. The number of aliphatic carboxylic acids is 1. The van der Waals surface area contributed by atoms with Crippen molar-refractivity contribution in [3.8, 4) is 5.75 Å². The van der Waals surface area contributed by atoms with Crippen LogP contribution in [-0.4, -0.2) is 41.2 Å². The number of carboxylic acid groups (broad SMARTS) is 1. The Kier molecular flexibility index (Phi) is 4.45. The average molecular weight is 278 g/mol. The Labute approximate surface area is 117 Å². The third-order valence-corrected chi connectivity index (χ3v) is 3.23. The zero-order valence-electron chi connectivity index (χ0n) is 11.3. The van der Waals surface area contributed by atoms with Crippen LogP contribution in [0.15, 0.2) is 24.3 Å². The first-order chi connectivity index (χ1) is 9.63. The average Bonchev–Trinajstić information content (AvgIpc) is 2.91. The van der Waals surface area contributed by atoms with E-state index in [0.717, 1.165) is 0 Å². The van der Waals surface area contributed by atoms with E-state index in [9.17, 15) is 9.59 Å². The first kappa shape index (κ1) is 14.2. The van der Waals surface area contributed by atoms with Crippen molar-refractivity contribution in [1.82, 2.24) is 4.90 Å². The van der Waals surface area contributed by atoms with Crippen molar-refractivity contribution in [2.24, 2.45) is 0 Å². The van der Waals surface area contributed by atoms with Crippen LogP contribution >= 0.6 is 0 Å². The molecule has 2 rings (SSSR count). The topological polar surface area (TPSA) is 78.9 Å². The van der Waals surface area contributed by atoms with Crippen LogP contribution in [0.3, 0.4) is 0 Å². The predicted octanol–water partition coefficient (Wildman–Crippen LogP) is 2.17. The minimum atomic E-state index is -0.962. The number of urea groups is 1. The van der Waals surface area contributed by atoms with Gasteiger partial charge >= 0.3 is 12.0 Å². The summed E-state index contributed by atoms with van der Waals surface area (Å²) < 4.78 is 5.43. The van der Waals surface area contributed by atoms with E-state index in [-0.39, 0.29) is 0 Å². The van der Waals surface area contributed by atoms with E-state index in [1.807, 2.05) is 13.0 Å². The number of hydrogen-bond acceptors (Lipinski definition) is 3. The van der Waals surface area contributed by atoms with E-state index in [1.165, 1.54) is 4.90 Å². The number of carbonyl (C=O) groups is 2. The third-order valence-electron chi connectivity index (χ3n) is 3.23. The van der Waals surface area contributed by atoms with Gasteiger partial charge < -0.3 is 20.1 Å². The zero-order chi connectivity index (χ0) is 14.5. The molecule has 1 saturated heterocycles. The van der Waals surface area contributed by atoms with Gasteiger partial charge in [-0.2, -0.15) is 0 Å². The Bertz CT molecular complexity index is 504. The van der Waals surface area contributed by atoms with Crippen LogP contribution in [0, 0.1) is 0 Å². The fourth-order valence-electron chi connectivity index (χ4n) is 2.30. The third kappa shape index (κ3) is 3.01. The molecule has 0 radical (unpaired) electrons. The zero-order valence-corrected chi connectivity index (χ0v) is 11.3. The summed E-state index contributed by atoms with van der Waals surface area (Å²) in [5.41, 5.74) is 0.551. The highest BCUT2D eigenvalue weighted by atomic mass is 16.5. The minimum absolute atomic E-state index is 0.401. The van der Waals surface area contributed by atoms with Crippen molar-refractivity contribution in [2.75, 3.05) is 18.5 Å². The van der Waals surface area contributed by atoms with Gasteiger partial charge in [-0.3, -0.25) is 0 Å². The number of amides is 2. The number of likely N-dealkylation sites (tertiary alicyclic amines) is 1. The second-order valence-electron chi connectivity index (χ2n) is 4.55. The number of ether oxygens (including phenoxy) is 1. The molecule has 1 heterocycles. The molecule has 6 nitrogen and oxygen atoms in total. The lowest BCUT2D eigenvalue weighted by Crippen LogP contribution is -2.42. The lowest BCUT2D eigenvalue weighted by Gasteiger charge is -2.22. The Hall–Kier alpha value is -2.24. The summed E-state index contributed by atoms with van der Waals surface area (Å²) >= 11 is 0. The highest BCUT2D eigenvalue weighted by Gasteiger charge is 2.34. The highest BCUT2D eigenvalue weighted by molar-refractivity contribution is 5.93. The van der Waals surface area contributed by atoms with Crippen LogP contribution < -0.4 is 10.1 Å². The van der Waals surface area contributed by atoms with Gasteiger partial charge in [0.1, 0.15) is 11.8 Å². The highest BCUT2D eigenvalue weighted by Crippen LogP contribution is 2.25. The van der Waals surface area contributed by atoms with E-state index in [2.05, 4.69) is 5.32 Å². The largest absolute Gasteiger partial charge is 0.492 e. The molecule has 1 aromatic rings. The van der Waals surface area contributed by atoms with E-state index < -0.39 is 18.0 Å². The van der Waals surface area contributed by atoms with Gasteiger partial charge in [0.25, 0.3) is 0 Å². The molecule has 0 aliphatic carbocycles. The first-order valence-electron chi connectivity index (χ1n) is 6.65. The molecule has 0 aromatic heterocycles. The Morgan fingerprint density at radius 3 is 2.90 bits per heavy atom. The molecule has 1 fully saturated rings. The number of carboxylic acids is 1. The lowest BCUT2D eigenvalue weighted by molar-refractivity contribution is -0.141. The smallest absolute Gasteiger partial charge is 0.326 e. The molecular formula is C14H18N2O4. The maximum Gasteiger partial charge on any atom is 0.326 e. The maximum atomic E-state index is 12.2. The molecule has 0 saturated carbocycles. The van der Waals surface area contributed by atoms with Gasteiger partial charge in [0, 0.05) is 6.54 Å². The Morgan fingerprint density at radius 2 is 2.20 bits per heavy atom. The first-order valence-corrected chi connectivity index (χ1v) is 6.65. The predicted molar refractivity (Wildman–Crippen MR) is 74.0 cm³/mol. The van der Waals surface area contributed by atoms with E-state index in [0.29, 0.717) is 37.4 Å². The Balaban J connectivity index is 2.10. The van der Waals surface area contributed by atoms with Crippen molar-refractivity contribution in [1.29, 1.82) is 0 Å². The molecule has 0 spiro atoms. The number of nitrogens with one attached hydrogen (secondary N) is 1. The summed E-state index contributed by atoms with van der Waals surface area (Å²) in [6.45, 7) is 2.81. The summed E-state index contributed by atoms with van der Waals surface area (Å²) in [7, 11) is 0. The molecule has 0 bridgehead atoms. The molecule has 20 heavy (non-hydrogen) atoms. The number of benzene rings is 1. The molecule has 0 unspecified atom stereocenters. The molecule has 1 aliphatic rings. The van der Waals surface area contributed by atoms with Crippen LogP contribution in [0.4, 0.5) is 10.5 Å². The summed E-state index contributed by atoms with van der Waals surface area (Å²) in [6.07, 6.45) is 1.20. The van der Waals surface area contributed by atoms with Crippen molar-refractivity contribution in [2.45, 2.75) is 25.8 Å². The van der Waals surface area contributed by atoms with Crippen molar-refractivity contribution < 1.29 is 19.4 Å². The van der Waals surface area contributed by atoms with Crippen LogP contribution in [-0.2, 0) is 4.79 Å². The molecule has 2 amide bonds. The number of para-hydroxylation sites is 2. The van der Waals surface area contributed by atoms with Gasteiger partial charge in [0.05, 0.1) is 12.3 Å². The molecule has 108 valence electrons. The monoisotopic (exact) mass is 278 g/mol. The van der Waals surface area contributed by atoms with Gasteiger partial charge in [0.15, 0.2) is 0 Å². The fourth-order valence-corrected chi connectivity index (χ4v) is 2.30. The molecule has 2 N–H and O–H groups in total. The molecule has 1 aromatic carbocycles. The lowest BCUT2D eigenvalue weighted by atomic mass is 10.2. The van der Waals surface area contributed by atoms with Crippen LogP contribution in [0.5, 0.6) is 5.75 Å². The van der Waals surface area contributed by atoms with Crippen LogP contribution in [0.25, 0.3) is 0 Å². The SMILES string of the molecule is CCOc1ccccc1NC(=O)N1CCC[C@H]1C(=O)O. The summed E-state index contributed by atoms with van der Waals surface area (Å²) in [5, 5.41) is 11.8. The Morgan fingerprint density at radius 1 is 1.45 bits per heavy atom. The molecular weight excluding hydrogens is 260 g/mol. The van der Waals surface area contributed by atoms with Gasteiger partial charge in [0.2, 0.25) is 0 Å². The van der Waals surface area contributed by atoms with Crippen molar-refractivity contribution in [3.63, 3.8) is 0 Å². The minimum Gasteiger partial charge on any atom is -0.492 e. The fraction of sp³-hybridized carbons (Fsp3) is 0.429. The molecule has 6 heteroatoms. The number of nitrogens with zero attached hydrogens (tertiary/aromatic N) is 1. The van der Waals surface area contributed by atoms with E-state index in [4.69, 9.17) is 9.84 Å². The number of rotatable bonds is 4. The number of carbonyl (C=O) groups excluding carboxylic acids is 1. The molecule has 1 aliphatic heterocycles. The van der Waals surface area contributed by atoms with E-state index >= 15 is 0 Å². The van der Waals surface area contributed by atoms with Gasteiger partial charge in [-0.15, -0.1) is 0 Å². The van der Waals surface area contributed by atoms with Crippen LogP contribution in [0.1, 0.15) is 19.8 Å². The number of hydrogen-bond donors (Lipinski definition) is 2.